The molecule has 2 amide bonds. The molecule has 7 nitrogen and oxygen atoms in total. The molecule has 140 valence electrons. The van der Waals surface area contributed by atoms with Gasteiger partial charge in [-0.25, -0.2) is 4.68 Å². The summed E-state index contributed by atoms with van der Waals surface area (Å²) in [7, 11) is 0. The SMILES string of the molecule is CCc1c(C(=O)NCCNC(=O)c2ccco2)cnn1-c1ccc(C)cc1. The monoisotopic (exact) mass is 366 g/mol. The quantitative estimate of drug-likeness (QED) is 0.629. The highest BCUT2D eigenvalue weighted by atomic mass is 16.3. The average molecular weight is 366 g/mol. The van der Waals surface area contributed by atoms with Gasteiger partial charge in [0.25, 0.3) is 11.8 Å². The maximum Gasteiger partial charge on any atom is 0.287 e. The van der Waals surface area contributed by atoms with E-state index in [0.29, 0.717) is 25.1 Å². The highest BCUT2D eigenvalue weighted by Crippen LogP contribution is 2.16. The van der Waals surface area contributed by atoms with Crippen LogP contribution in [0, 0.1) is 6.92 Å². The van der Waals surface area contributed by atoms with Crippen LogP contribution in [0.4, 0.5) is 0 Å². The number of rotatable bonds is 7. The number of nitrogens with one attached hydrogen (secondary N) is 2. The molecule has 3 aromatic rings. The third-order valence-electron chi connectivity index (χ3n) is 4.17. The van der Waals surface area contributed by atoms with Gasteiger partial charge < -0.3 is 15.1 Å². The van der Waals surface area contributed by atoms with Crippen LogP contribution < -0.4 is 10.6 Å². The molecular weight excluding hydrogens is 344 g/mol. The minimum absolute atomic E-state index is 0.211. The largest absolute Gasteiger partial charge is 0.459 e. The van der Waals surface area contributed by atoms with E-state index in [4.69, 9.17) is 4.42 Å². The minimum atomic E-state index is -0.310. The van der Waals surface area contributed by atoms with Crippen LogP contribution in [0.25, 0.3) is 5.69 Å². The number of hydrogen-bond donors (Lipinski definition) is 2. The Balaban J connectivity index is 1.60. The van der Waals surface area contributed by atoms with Crippen molar-refractivity contribution in [2.45, 2.75) is 20.3 Å². The summed E-state index contributed by atoms with van der Waals surface area (Å²) in [6.45, 7) is 4.63. The van der Waals surface area contributed by atoms with E-state index >= 15 is 0 Å². The molecule has 0 unspecified atom stereocenters. The summed E-state index contributed by atoms with van der Waals surface area (Å²) in [5, 5.41) is 9.87. The summed E-state index contributed by atoms with van der Waals surface area (Å²) < 4.78 is 6.80. The van der Waals surface area contributed by atoms with Gasteiger partial charge in [-0.05, 0) is 37.6 Å². The smallest absolute Gasteiger partial charge is 0.287 e. The first-order valence-electron chi connectivity index (χ1n) is 8.84. The lowest BCUT2D eigenvalue weighted by molar-refractivity contribution is 0.0910. The molecule has 2 N–H and O–H groups in total. The number of hydrogen-bond acceptors (Lipinski definition) is 4. The summed E-state index contributed by atoms with van der Waals surface area (Å²) in [4.78, 5) is 24.3. The zero-order valence-electron chi connectivity index (χ0n) is 15.4. The summed E-state index contributed by atoms with van der Waals surface area (Å²) >= 11 is 0. The van der Waals surface area contributed by atoms with Gasteiger partial charge in [0.2, 0.25) is 0 Å². The maximum atomic E-state index is 12.5. The van der Waals surface area contributed by atoms with Gasteiger partial charge in [-0.15, -0.1) is 0 Å². The molecule has 0 fully saturated rings. The molecule has 0 bridgehead atoms. The van der Waals surface area contributed by atoms with E-state index < -0.39 is 0 Å². The van der Waals surface area contributed by atoms with E-state index in [1.165, 1.54) is 11.8 Å². The highest BCUT2D eigenvalue weighted by molar-refractivity contribution is 5.95. The molecule has 1 aromatic carbocycles. The topological polar surface area (TPSA) is 89.2 Å². The van der Waals surface area contributed by atoms with Gasteiger partial charge in [-0.1, -0.05) is 24.6 Å². The number of carbonyl (C=O) groups is 2. The second-order valence-corrected chi connectivity index (χ2v) is 6.09. The zero-order valence-corrected chi connectivity index (χ0v) is 15.4. The van der Waals surface area contributed by atoms with E-state index in [0.717, 1.165) is 11.4 Å². The van der Waals surface area contributed by atoms with Crippen molar-refractivity contribution < 1.29 is 14.0 Å². The fraction of sp³-hybridized carbons (Fsp3) is 0.250. The fourth-order valence-corrected chi connectivity index (χ4v) is 2.75. The maximum absolute atomic E-state index is 12.5. The Kier molecular flexibility index (Phi) is 5.71. The van der Waals surface area contributed by atoms with Crippen molar-refractivity contribution in [2.24, 2.45) is 0 Å². The third kappa shape index (κ3) is 4.25. The number of aromatic nitrogens is 2. The van der Waals surface area contributed by atoms with Crippen molar-refractivity contribution in [1.29, 1.82) is 0 Å². The molecule has 3 rings (SSSR count). The molecule has 0 aliphatic carbocycles. The molecular formula is C20H22N4O3. The molecule has 0 aliphatic rings. The van der Waals surface area contributed by atoms with Gasteiger partial charge in [0, 0.05) is 13.1 Å². The predicted octanol–water partition coefficient (Wildman–Crippen LogP) is 2.50. The van der Waals surface area contributed by atoms with Gasteiger partial charge in [0.1, 0.15) is 0 Å². The molecule has 0 aliphatic heterocycles. The van der Waals surface area contributed by atoms with Gasteiger partial charge in [-0.3, -0.25) is 9.59 Å². The number of nitrogens with zero attached hydrogens (tertiary/aromatic N) is 2. The Labute approximate surface area is 157 Å². The van der Waals surface area contributed by atoms with Crippen molar-refractivity contribution in [1.82, 2.24) is 20.4 Å². The lowest BCUT2D eigenvalue weighted by Crippen LogP contribution is -2.34. The highest BCUT2D eigenvalue weighted by Gasteiger charge is 2.17. The lowest BCUT2D eigenvalue weighted by Gasteiger charge is -2.09. The van der Waals surface area contributed by atoms with Crippen LogP contribution in [-0.2, 0) is 6.42 Å². The van der Waals surface area contributed by atoms with Crippen LogP contribution in [0.15, 0.2) is 53.3 Å². The molecule has 2 aromatic heterocycles. The van der Waals surface area contributed by atoms with Crippen molar-refractivity contribution in [3.8, 4) is 5.69 Å². The van der Waals surface area contributed by atoms with Crippen molar-refractivity contribution in [3.05, 3.63) is 71.4 Å². The third-order valence-corrected chi connectivity index (χ3v) is 4.17. The molecule has 27 heavy (non-hydrogen) atoms. The van der Waals surface area contributed by atoms with Crippen LogP contribution in [0.3, 0.4) is 0 Å². The number of benzene rings is 1. The predicted molar refractivity (Wildman–Crippen MR) is 101 cm³/mol. The fourth-order valence-electron chi connectivity index (χ4n) is 2.75. The molecule has 0 radical (unpaired) electrons. The number of furan rings is 1. The Morgan fingerprint density at radius 3 is 2.41 bits per heavy atom. The van der Waals surface area contributed by atoms with Crippen LogP contribution in [0.5, 0.6) is 0 Å². The molecule has 0 atom stereocenters. The Hall–Kier alpha value is -3.35. The van der Waals surface area contributed by atoms with E-state index in [-0.39, 0.29) is 17.6 Å². The first-order chi connectivity index (χ1) is 13.1. The van der Waals surface area contributed by atoms with Crippen molar-refractivity contribution >= 4 is 11.8 Å². The summed E-state index contributed by atoms with van der Waals surface area (Å²) in [5.74, 6) is -0.276. The van der Waals surface area contributed by atoms with Crippen LogP contribution >= 0.6 is 0 Å². The Morgan fingerprint density at radius 1 is 1.07 bits per heavy atom. The van der Waals surface area contributed by atoms with Crippen molar-refractivity contribution in [3.63, 3.8) is 0 Å². The lowest BCUT2D eigenvalue weighted by atomic mass is 10.1. The normalized spacial score (nSPS) is 10.6. The Morgan fingerprint density at radius 2 is 1.78 bits per heavy atom. The Bertz CT molecular complexity index is 911. The molecule has 2 heterocycles. The molecule has 0 saturated heterocycles. The van der Waals surface area contributed by atoms with Crippen LogP contribution in [-0.4, -0.2) is 34.7 Å². The van der Waals surface area contributed by atoms with Crippen LogP contribution in [0.2, 0.25) is 0 Å². The van der Waals surface area contributed by atoms with Gasteiger partial charge in [0.15, 0.2) is 5.76 Å². The molecule has 7 heteroatoms. The average Bonchev–Trinajstić information content (AvgIpc) is 3.35. The first kappa shape index (κ1) is 18.4. The summed E-state index contributed by atoms with van der Waals surface area (Å²) in [6, 6.07) is 11.2. The van der Waals surface area contributed by atoms with Gasteiger partial charge in [0.05, 0.1) is 29.4 Å². The second kappa shape index (κ2) is 8.35. The molecule has 0 saturated carbocycles. The first-order valence-corrected chi connectivity index (χ1v) is 8.84. The van der Waals surface area contributed by atoms with Gasteiger partial charge >= 0.3 is 0 Å². The zero-order chi connectivity index (χ0) is 19.2. The second-order valence-electron chi connectivity index (χ2n) is 6.09. The summed E-state index contributed by atoms with van der Waals surface area (Å²) in [5.41, 5.74) is 3.46. The van der Waals surface area contributed by atoms with E-state index in [1.54, 1.807) is 23.0 Å². The van der Waals surface area contributed by atoms with E-state index in [9.17, 15) is 9.59 Å². The van der Waals surface area contributed by atoms with E-state index in [1.807, 2.05) is 38.1 Å². The molecule has 0 spiro atoms. The summed E-state index contributed by atoms with van der Waals surface area (Å²) in [6.07, 6.45) is 3.69. The minimum Gasteiger partial charge on any atom is -0.459 e. The van der Waals surface area contributed by atoms with Gasteiger partial charge in [-0.2, -0.15) is 5.10 Å². The standard InChI is InChI=1S/C20H22N4O3/c1-3-17-16(13-23-24(17)15-8-6-14(2)7-9-15)19(25)21-10-11-22-20(26)18-5-4-12-27-18/h4-9,12-13H,3,10-11H2,1-2H3,(H,21,25)(H,22,26). The number of amides is 2. The van der Waals surface area contributed by atoms with Crippen molar-refractivity contribution in [2.75, 3.05) is 13.1 Å². The number of aryl methyl sites for hydroxylation is 1. The van der Waals surface area contributed by atoms with E-state index in [2.05, 4.69) is 15.7 Å². The number of carbonyl (C=O) groups excluding carboxylic acids is 2. The van der Waals surface area contributed by atoms with Crippen LogP contribution in [0.1, 0.15) is 39.1 Å².